The van der Waals surface area contributed by atoms with Gasteiger partial charge in [-0.05, 0) is 24.2 Å². The van der Waals surface area contributed by atoms with E-state index in [1.807, 2.05) is 0 Å². The first-order valence-corrected chi connectivity index (χ1v) is 7.87. The van der Waals surface area contributed by atoms with Crippen molar-refractivity contribution in [2.75, 3.05) is 13.1 Å². The van der Waals surface area contributed by atoms with E-state index in [0.29, 0.717) is 12.1 Å². The zero-order chi connectivity index (χ0) is 13.9. The lowest BCUT2D eigenvalue weighted by molar-refractivity contribution is 0.0256. The number of nitrogens with zero attached hydrogens (tertiary/aromatic N) is 1. The summed E-state index contributed by atoms with van der Waals surface area (Å²) in [7, 11) is 0. The SMILES string of the molecule is CCC(C(C)C)N1CC(C(C)C)NCC1C(C)C. The summed E-state index contributed by atoms with van der Waals surface area (Å²) in [6.45, 7) is 18.9. The molecule has 0 aromatic carbocycles. The van der Waals surface area contributed by atoms with Crippen LogP contribution in [0.2, 0.25) is 0 Å². The molecule has 108 valence electrons. The summed E-state index contributed by atoms with van der Waals surface area (Å²) < 4.78 is 0. The van der Waals surface area contributed by atoms with Crippen molar-refractivity contribution in [3.8, 4) is 0 Å². The minimum atomic E-state index is 0.660. The summed E-state index contributed by atoms with van der Waals surface area (Å²) in [5.74, 6) is 2.21. The monoisotopic (exact) mass is 254 g/mol. The molecule has 1 saturated heterocycles. The summed E-state index contributed by atoms with van der Waals surface area (Å²) in [5.41, 5.74) is 0. The maximum Gasteiger partial charge on any atom is 0.0247 e. The molecule has 1 aliphatic rings. The molecule has 3 atom stereocenters. The van der Waals surface area contributed by atoms with Crippen LogP contribution in [-0.4, -0.2) is 36.1 Å². The average molecular weight is 254 g/mol. The van der Waals surface area contributed by atoms with Crippen LogP contribution in [0.3, 0.4) is 0 Å². The summed E-state index contributed by atoms with van der Waals surface area (Å²) >= 11 is 0. The maximum absolute atomic E-state index is 3.76. The van der Waals surface area contributed by atoms with Crippen molar-refractivity contribution in [3.05, 3.63) is 0 Å². The molecule has 0 radical (unpaired) electrons. The van der Waals surface area contributed by atoms with Crippen LogP contribution in [-0.2, 0) is 0 Å². The van der Waals surface area contributed by atoms with Gasteiger partial charge < -0.3 is 5.32 Å². The average Bonchev–Trinajstić information content (AvgIpc) is 2.28. The van der Waals surface area contributed by atoms with E-state index < -0.39 is 0 Å². The molecule has 1 N–H and O–H groups in total. The van der Waals surface area contributed by atoms with Crippen LogP contribution in [0.4, 0.5) is 0 Å². The van der Waals surface area contributed by atoms with Gasteiger partial charge >= 0.3 is 0 Å². The smallest absolute Gasteiger partial charge is 0.0247 e. The van der Waals surface area contributed by atoms with Gasteiger partial charge in [-0.1, -0.05) is 48.5 Å². The van der Waals surface area contributed by atoms with Gasteiger partial charge in [-0.25, -0.2) is 0 Å². The molecular weight excluding hydrogens is 220 g/mol. The molecule has 0 aromatic heterocycles. The Morgan fingerprint density at radius 2 is 1.67 bits per heavy atom. The van der Waals surface area contributed by atoms with E-state index in [4.69, 9.17) is 0 Å². The van der Waals surface area contributed by atoms with Crippen LogP contribution in [0.25, 0.3) is 0 Å². The Labute approximate surface area is 115 Å². The lowest BCUT2D eigenvalue weighted by atomic mass is 9.89. The molecule has 0 spiro atoms. The van der Waals surface area contributed by atoms with Crippen molar-refractivity contribution in [2.24, 2.45) is 17.8 Å². The highest BCUT2D eigenvalue weighted by atomic mass is 15.3. The quantitative estimate of drug-likeness (QED) is 0.809. The third-order valence-corrected chi connectivity index (χ3v) is 4.61. The second kappa shape index (κ2) is 6.91. The Bertz CT molecular complexity index is 225. The first kappa shape index (κ1) is 16.0. The van der Waals surface area contributed by atoms with Crippen LogP contribution in [0.1, 0.15) is 54.9 Å². The Morgan fingerprint density at radius 3 is 2.06 bits per heavy atom. The fourth-order valence-electron chi connectivity index (χ4n) is 3.35. The van der Waals surface area contributed by atoms with Gasteiger partial charge in [0.05, 0.1) is 0 Å². The third kappa shape index (κ3) is 3.71. The fraction of sp³-hybridized carbons (Fsp3) is 1.00. The molecule has 3 unspecified atom stereocenters. The molecule has 0 aliphatic carbocycles. The van der Waals surface area contributed by atoms with Crippen LogP contribution in [0.5, 0.6) is 0 Å². The van der Waals surface area contributed by atoms with E-state index in [-0.39, 0.29) is 0 Å². The number of rotatable bonds is 5. The molecule has 0 amide bonds. The molecule has 1 heterocycles. The molecule has 0 saturated carbocycles. The molecule has 1 fully saturated rings. The van der Waals surface area contributed by atoms with Crippen LogP contribution in [0, 0.1) is 17.8 Å². The Morgan fingerprint density at radius 1 is 1.06 bits per heavy atom. The number of nitrogens with one attached hydrogen (secondary N) is 1. The zero-order valence-corrected chi connectivity index (χ0v) is 13.5. The van der Waals surface area contributed by atoms with Gasteiger partial charge in [-0.15, -0.1) is 0 Å². The van der Waals surface area contributed by atoms with E-state index in [1.165, 1.54) is 13.0 Å². The fourth-order valence-corrected chi connectivity index (χ4v) is 3.35. The van der Waals surface area contributed by atoms with E-state index in [0.717, 1.165) is 30.3 Å². The second-order valence-electron chi connectivity index (χ2n) is 6.99. The Balaban J connectivity index is 2.83. The standard InChI is InChI=1S/C16H34N2/c1-8-15(12(4)5)18-10-14(11(2)3)17-9-16(18)13(6)7/h11-17H,8-10H2,1-7H3. The van der Waals surface area contributed by atoms with E-state index in [2.05, 4.69) is 58.7 Å². The molecule has 0 bridgehead atoms. The first-order valence-electron chi connectivity index (χ1n) is 7.87. The van der Waals surface area contributed by atoms with Gasteiger partial charge in [0.15, 0.2) is 0 Å². The predicted molar refractivity (Wildman–Crippen MR) is 80.9 cm³/mol. The summed E-state index contributed by atoms with van der Waals surface area (Å²) in [6, 6.07) is 2.10. The summed E-state index contributed by atoms with van der Waals surface area (Å²) in [6.07, 6.45) is 1.27. The van der Waals surface area contributed by atoms with Crippen LogP contribution < -0.4 is 5.32 Å². The lowest BCUT2D eigenvalue weighted by Gasteiger charge is -2.48. The molecule has 18 heavy (non-hydrogen) atoms. The van der Waals surface area contributed by atoms with Crippen molar-refractivity contribution in [1.82, 2.24) is 10.2 Å². The highest BCUT2D eigenvalue weighted by molar-refractivity contribution is 4.92. The summed E-state index contributed by atoms with van der Waals surface area (Å²) in [5, 5.41) is 3.76. The minimum Gasteiger partial charge on any atom is -0.311 e. The Kier molecular flexibility index (Phi) is 6.13. The largest absolute Gasteiger partial charge is 0.311 e. The van der Waals surface area contributed by atoms with Crippen molar-refractivity contribution in [3.63, 3.8) is 0 Å². The van der Waals surface area contributed by atoms with Gasteiger partial charge in [0, 0.05) is 31.2 Å². The Hall–Kier alpha value is -0.0800. The zero-order valence-electron chi connectivity index (χ0n) is 13.5. The molecule has 0 aromatic rings. The number of hydrogen-bond acceptors (Lipinski definition) is 2. The number of piperazine rings is 1. The molecular formula is C16H34N2. The first-order chi connectivity index (χ1) is 8.38. The molecule has 2 heteroatoms. The normalized spacial score (nSPS) is 28.3. The minimum absolute atomic E-state index is 0.660. The highest BCUT2D eigenvalue weighted by Gasteiger charge is 2.35. The van der Waals surface area contributed by atoms with Crippen LogP contribution >= 0.6 is 0 Å². The van der Waals surface area contributed by atoms with Gasteiger partial charge in [0.1, 0.15) is 0 Å². The van der Waals surface area contributed by atoms with Gasteiger partial charge in [-0.2, -0.15) is 0 Å². The van der Waals surface area contributed by atoms with E-state index in [9.17, 15) is 0 Å². The third-order valence-electron chi connectivity index (χ3n) is 4.61. The topological polar surface area (TPSA) is 15.3 Å². The molecule has 1 rings (SSSR count). The van der Waals surface area contributed by atoms with Gasteiger partial charge in [0.25, 0.3) is 0 Å². The lowest BCUT2D eigenvalue weighted by Crippen LogP contribution is -2.63. The van der Waals surface area contributed by atoms with Crippen molar-refractivity contribution < 1.29 is 0 Å². The number of hydrogen-bond donors (Lipinski definition) is 1. The predicted octanol–water partition coefficient (Wildman–Crippen LogP) is 3.38. The van der Waals surface area contributed by atoms with Crippen molar-refractivity contribution in [2.45, 2.75) is 73.0 Å². The highest BCUT2D eigenvalue weighted by Crippen LogP contribution is 2.25. The summed E-state index contributed by atoms with van der Waals surface area (Å²) in [4.78, 5) is 2.80. The van der Waals surface area contributed by atoms with Crippen molar-refractivity contribution >= 4 is 0 Å². The van der Waals surface area contributed by atoms with Crippen LogP contribution in [0.15, 0.2) is 0 Å². The van der Waals surface area contributed by atoms with Crippen molar-refractivity contribution in [1.29, 1.82) is 0 Å². The van der Waals surface area contributed by atoms with E-state index >= 15 is 0 Å². The second-order valence-corrected chi connectivity index (χ2v) is 6.99. The maximum atomic E-state index is 3.76. The molecule has 2 nitrogen and oxygen atoms in total. The molecule has 1 aliphatic heterocycles. The van der Waals surface area contributed by atoms with Gasteiger partial charge in [0.2, 0.25) is 0 Å². The van der Waals surface area contributed by atoms with E-state index in [1.54, 1.807) is 0 Å². The van der Waals surface area contributed by atoms with Gasteiger partial charge in [-0.3, -0.25) is 4.90 Å².